The quantitative estimate of drug-likeness (QED) is 0.894. The van der Waals surface area contributed by atoms with E-state index in [0.29, 0.717) is 0 Å². The fraction of sp³-hybridized carbons (Fsp3) is 0.308. The molecule has 1 saturated heterocycles. The van der Waals surface area contributed by atoms with Gasteiger partial charge in [-0.1, -0.05) is 29.4 Å². The highest BCUT2D eigenvalue weighted by Gasteiger charge is 2.29. The van der Waals surface area contributed by atoms with Crippen molar-refractivity contribution in [1.82, 2.24) is 10.2 Å². The Bertz CT molecular complexity index is 561. The van der Waals surface area contributed by atoms with Gasteiger partial charge in [0.15, 0.2) is 0 Å². The Morgan fingerprint density at radius 2 is 2.19 bits per heavy atom. The van der Waals surface area contributed by atoms with Crippen LogP contribution in [0.2, 0.25) is 5.02 Å². The van der Waals surface area contributed by atoms with Crippen molar-refractivity contribution in [3.8, 4) is 0 Å². The number of halogens is 2. The van der Waals surface area contributed by atoms with E-state index in [9.17, 15) is 18.8 Å². The van der Waals surface area contributed by atoms with Crippen LogP contribution >= 0.6 is 23.4 Å². The number of benzene rings is 1. The van der Waals surface area contributed by atoms with Crippen LogP contribution in [-0.2, 0) is 16.0 Å². The topological polar surface area (TPSA) is 66.5 Å². The summed E-state index contributed by atoms with van der Waals surface area (Å²) in [6.07, 6.45) is -0.192. The zero-order valence-electron chi connectivity index (χ0n) is 10.9. The van der Waals surface area contributed by atoms with E-state index >= 15 is 0 Å². The maximum atomic E-state index is 13.5. The molecular formula is C13H12ClFN2O3S. The molecule has 2 rings (SSSR count). The summed E-state index contributed by atoms with van der Waals surface area (Å²) in [4.78, 5) is 35.5. The Morgan fingerprint density at radius 3 is 2.81 bits per heavy atom. The number of nitrogens with zero attached hydrogens (tertiary/aromatic N) is 1. The van der Waals surface area contributed by atoms with Crippen LogP contribution in [0.1, 0.15) is 5.56 Å². The van der Waals surface area contributed by atoms with E-state index < -0.39 is 11.7 Å². The number of amides is 3. The van der Waals surface area contributed by atoms with Gasteiger partial charge in [0.1, 0.15) is 5.82 Å². The monoisotopic (exact) mass is 330 g/mol. The number of carbonyl (C=O) groups excluding carboxylic acids is 3. The van der Waals surface area contributed by atoms with Crippen molar-refractivity contribution >= 4 is 40.4 Å². The van der Waals surface area contributed by atoms with Gasteiger partial charge in [-0.15, -0.1) is 0 Å². The molecular weight excluding hydrogens is 319 g/mol. The fourth-order valence-corrected chi connectivity index (χ4v) is 2.81. The molecule has 0 unspecified atom stereocenters. The fourth-order valence-electron chi connectivity index (χ4n) is 1.83. The van der Waals surface area contributed by atoms with Crippen LogP contribution in [0.15, 0.2) is 18.2 Å². The molecule has 0 spiro atoms. The molecule has 8 heteroatoms. The molecule has 1 fully saturated rings. The van der Waals surface area contributed by atoms with Gasteiger partial charge in [0.05, 0.1) is 12.2 Å². The van der Waals surface area contributed by atoms with Crippen LogP contribution in [0.3, 0.4) is 0 Å². The maximum absolute atomic E-state index is 13.5. The Labute approximate surface area is 129 Å². The molecule has 112 valence electrons. The second-order valence-corrected chi connectivity index (χ2v) is 5.66. The van der Waals surface area contributed by atoms with E-state index in [1.807, 2.05) is 0 Å². The average Bonchev–Trinajstić information content (AvgIpc) is 2.75. The summed E-state index contributed by atoms with van der Waals surface area (Å²) in [5.74, 6) is -1.10. The highest BCUT2D eigenvalue weighted by Crippen LogP contribution is 2.19. The Morgan fingerprint density at radius 1 is 1.43 bits per heavy atom. The largest absolute Gasteiger partial charge is 0.354 e. The SMILES string of the molecule is O=C(Cc1c(F)cccc1Cl)NCCN1C(=O)CSC1=O. The Balaban J connectivity index is 1.83. The molecule has 1 heterocycles. The molecule has 3 amide bonds. The third kappa shape index (κ3) is 3.95. The van der Waals surface area contributed by atoms with Crippen LogP contribution in [0.4, 0.5) is 9.18 Å². The number of hydrogen-bond acceptors (Lipinski definition) is 4. The van der Waals surface area contributed by atoms with Gasteiger partial charge in [-0.25, -0.2) is 4.39 Å². The molecule has 0 aliphatic carbocycles. The van der Waals surface area contributed by atoms with Crippen molar-refractivity contribution in [1.29, 1.82) is 0 Å². The van der Waals surface area contributed by atoms with E-state index in [2.05, 4.69) is 5.32 Å². The minimum atomic E-state index is -0.543. The van der Waals surface area contributed by atoms with Crippen LogP contribution in [0.25, 0.3) is 0 Å². The summed E-state index contributed by atoms with van der Waals surface area (Å²) >= 11 is 6.77. The molecule has 1 aliphatic rings. The first-order valence-electron chi connectivity index (χ1n) is 6.15. The van der Waals surface area contributed by atoms with Gasteiger partial charge < -0.3 is 5.32 Å². The van der Waals surface area contributed by atoms with Gasteiger partial charge in [-0.05, 0) is 12.1 Å². The lowest BCUT2D eigenvalue weighted by molar-refractivity contribution is -0.125. The molecule has 0 saturated carbocycles. The van der Waals surface area contributed by atoms with E-state index in [4.69, 9.17) is 11.6 Å². The first kappa shape index (κ1) is 15.8. The summed E-state index contributed by atoms with van der Waals surface area (Å²) in [5, 5.41) is 2.41. The third-order valence-electron chi connectivity index (χ3n) is 2.90. The lowest BCUT2D eigenvalue weighted by Crippen LogP contribution is -2.38. The minimum absolute atomic E-state index is 0.113. The number of imide groups is 1. The predicted molar refractivity (Wildman–Crippen MR) is 77.7 cm³/mol. The number of carbonyl (C=O) groups is 3. The summed E-state index contributed by atoms with van der Waals surface area (Å²) in [6.45, 7) is 0.240. The van der Waals surface area contributed by atoms with Gasteiger partial charge in [0.25, 0.3) is 5.24 Å². The van der Waals surface area contributed by atoms with Crippen molar-refractivity contribution in [3.63, 3.8) is 0 Å². The molecule has 0 atom stereocenters. The summed E-state index contributed by atoms with van der Waals surface area (Å²) < 4.78 is 13.5. The normalized spacial score (nSPS) is 14.7. The van der Waals surface area contributed by atoms with E-state index in [0.717, 1.165) is 16.7 Å². The predicted octanol–water partition coefficient (Wildman–Crippen LogP) is 1.83. The van der Waals surface area contributed by atoms with Crippen LogP contribution in [-0.4, -0.2) is 40.8 Å². The second kappa shape index (κ2) is 6.91. The highest BCUT2D eigenvalue weighted by atomic mass is 35.5. The standard InChI is InChI=1S/C13H12ClFN2O3S/c14-9-2-1-3-10(15)8(9)6-11(18)16-4-5-17-12(19)7-21-13(17)20/h1-3H,4-7H2,(H,16,18). The van der Waals surface area contributed by atoms with Crippen molar-refractivity contribution in [2.45, 2.75) is 6.42 Å². The zero-order chi connectivity index (χ0) is 15.4. The summed E-state index contributed by atoms with van der Waals surface area (Å²) in [7, 11) is 0. The highest BCUT2D eigenvalue weighted by molar-refractivity contribution is 8.14. The maximum Gasteiger partial charge on any atom is 0.288 e. The van der Waals surface area contributed by atoms with Crippen molar-refractivity contribution < 1.29 is 18.8 Å². The van der Waals surface area contributed by atoms with E-state index in [-0.39, 0.29) is 47.0 Å². The lowest BCUT2D eigenvalue weighted by Gasteiger charge is -2.13. The Hall–Kier alpha value is -1.60. The molecule has 1 aliphatic heterocycles. The van der Waals surface area contributed by atoms with Crippen molar-refractivity contribution in [2.75, 3.05) is 18.8 Å². The van der Waals surface area contributed by atoms with Gasteiger partial charge in [0, 0.05) is 23.7 Å². The van der Waals surface area contributed by atoms with Crippen LogP contribution < -0.4 is 5.32 Å². The van der Waals surface area contributed by atoms with E-state index in [1.165, 1.54) is 18.2 Å². The van der Waals surface area contributed by atoms with E-state index in [1.54, 1.807) is 0 Å². The summed E-state index contributed by atoms with van der Waals surface area (Å²) in [5.41, 5.74) is 0.126. The number of hydrogen-bond donors (Lipinski definition) is 1. The lowest BCUT2D eigenvalue weighted by atomic mass is 10.1. The number of rotatable bonds is 5. The average molecular weight is 331 g/mol. The minimum Gasteiger partial charge on any atom is -0.354 e. The van der Waals surface area contributed by atoms with Gasteiger partial charge >= 0.3 is 0 Å². The number of nitrogens with one attached hydrogen (secondary N) is 1. The molecule has 1 aromatic rings. The molecule has 0 radical (unpaired) electrons. The number of thioether (sulfide) groups is 1. The van der Waals surface area contributed by atoms with Gasteiger partial charge in [-0.3, -0.25) is 19.3 Å². The van der Waals surface area contributed by atoms with Crippen molar-refractivity contribution in [3.05, 3.63) is 34.6 Å². The first-order valence-corrected chi connectivity index (χ1v) is 7.52. The second-order valence-electron chi connectivity index (χ2n) is 4.33. The smallest absolute Gasteiger partial charge is 0.288 e. The molecule has 1 N–H and O–H groups in total. The van der Waals surface area contributed by atoms with Crippen LogP contribution in [0, 0.1) is 5.82 Å². The zero-order valence-corrected chi connectivity index (χ0v) is 12.5. The molecule has 1 aromatic carbocycles. The summed E-state index contributed by atoms with van der Waals surface area (Å²) in [6, 6.07) is 4.20. The third-order valence-corrected chi connectivity index (χ3v) is 4.11. The first-order chi connectivity index (χ1) is 9.99. The van der Waals surface area contributed by atoms with Gasteiger partial charge in [0.2, 0.25) is 11.8 Å². The molecule has 21 heavy (non-hydrogen) atoms. The van der Waals surface area contributed by atoms with Crippen molar-refractivity contribution in [2.24, 2.45) is 0 Å². The molecule has 0 aromatic heterocycles. The van der Waals surface area contributed by atoms with Gasteiger partial charge in [-0.2, -0.15) is 0 Å². The van der Waals surface area contributed by atoms with Crippen LogP contribution in [0.5, 0.6) is 0 Å². The molecule has 0 bridgehead atoms. The molecule has 5 nitrogen and oxygen atoms in total. The Kier molecular flexibility index (Phi) is 5.19.